The van der Waals surface area contributed by atoms with Crippen LogP contribution in [-0.2, 0) is 0 Å². The Kier molecular flexibility index (Phi) is 3.45. The van der Waals surface area contributed by atoms with Crippen molar-refractivity contribution < 1.29 is 0 Å². The fourth-order valence-electron chi connectivity index (χ4n) is 1.22. The zero-order valence-corrected chi connectivity index (χ0v) is 10.2. The van der Waals surface area contributed by atoms with E-state index < -0.39 is 0 Å². The van der Waals surface area contributed by atoms with Crippen LogP contribution in [0.3, 0.4) is 0 Å². The van der Waals surface area contributed by atoms with Gasteiger partial charge in [0.1, 0.15) is 0 Å². The number of hydrogen-bond donors (Lipinski definition) is 2. The third kappa shape index (κ3) is 2.86. The molecule has 0 bridgehead atoms. The summed E-state index contributed by atoms with van der Waals surface area (Å²) in [4.78, 5) is 0. The van der Waals surface area contributed by atoms with Crippen molar-refractivity contribution in [2.75, 3.05) is 10.9 Å². The van der Waals surface area contributed by atoms with Gasteiger partial charge in [0.2, 0.25) is 0 Å². The average molecular weight is 310 g/mol. The maximum absolute atomic E-state index is 3.17. The number of hydrazine groups is 1. The van der Waals surface area contributed by atoms with Gasteiger partial charge >= 0.3 is 0 Å². The van der Waals surface area contributed by atoms with Gasteiger partial charge in [-0.05, 0) is 46.9 Å². The van der Waals surface area contributed by atoms with E-state index in [4.69, 9.17) is 0 Å². The molecule has 0 unspecified atom stereocenters. The molecule has 2 aromatic rings. The summed E-state index contributed by atoms with van der Waals surface area (Å²) in [5.41, 5.74) is 8.46. The van der Waals surface area contributed by atoms with Crippen molar-refractivity contribution in [2.24, 2.45) is 0 Å². The van der Waals surface area contributed by atoms with Gasteiger partial charge < -0.3 is 5.43 Å². The summed E-state index contributed by atoms with van der Waals surface area (Å²) >= 11 is 2.30. The number of para-hydroxylation sites is 2. The van der Waals surface area contributed by atoms with Gasteiger partial charge in [0.05, 0.1) is 11.4 Å². The van der Waals surface area contributed by atoms with Crippen LogP contribution < -0.4 is 10.9 Å². The summed E-state index contributed by atoms with van der Waals surface area (Å²) < 4.78 is 1.19. The second kappa shape index (κ2) is 5.02. The molecule has 2 aromatic carbocycles. The first-order valence-electron chi connectivity index (χ1n) is 4.68. The van der Waals surface area contributed by atoms with Crippen LogP contribution >= 0.6 is 22.6 Å². The summed E-state index contributed by atoms with van der Waals surface area (Å²) in [6.07, 6.45) is 0. The molecule has 2 rings (SSSR count). The fraction of sp³-hybridized carbons (Fsp3) is 0. The molecule has 0 fully saturated rings. The van der Waals surface area contributed by atoms with Gasteiger partial charge in [0, 0.05) is 3.57 Å². The van der Waals surface area contributed by atoms with Gasteiger partial charge in [0.15, 0.2) is 0 Å². The van der Waals surface area contributed by atoms with Crippen LogP contribution in [0.4, 0.5) is 11.4 Å². The minimum atomic E-state index is 1.05. The van der Waals surface area contributed by atoms with Crippen LogP contribution in [0.15, 0.2) is 54.6 Å². The van der Waals surface area contributed by atoms with Crippen molar-refractivity contribution >= 4 is 34.0 Å². The zero-order chi connectivity index (χ0) is 10.5. The predicted octanol–water partition coefficient (Wildman–Crippen LogP) is 3.73. The van der Waals surface area contributed by atoms with Crippen LogP contribution in [0.2, 0.25) is 0 Å². The molecule has 0 aromatic heterocycles. The van der Waals surface area contributed by atoms with Gasteiger partial charge in [0.25, 0.3) is 0 Å². The number of anilines is 2. The van der Waals surface area contributed by atoms with Gasteiger partial charge in [-0.3, -0.25) is 5.43 Å². The lowest BCUT2D eigenvalue weighted by atomic mass is 10.3. The topological polar surface area (TPSA) is 24.1 Å². The zero-order valence-electron chi connectivity index (χ0n) is 8.07. The Morgan fingerprint density at radius 1 is 0.733 bits per heavy atom. The molecule has 0 aliphatic rings. The molecule has 0 aliphatic carbocycles. The molecule has 0 radical (unpaired) electrons. The van der Waals surface area contributed by atoms with Crippen LogP contribution in [0, 0.1) is 3.57 Å². The quantitative estimate of drug-likeness (QED) is 0.667. The van der Waals surface area contributed by atoms with Gasteiger partial charge in [-0.1, -0.05) is 30.3 Å². The van der Waals surface area contributed by atoms with Gasteiger partial charge in [-0.15, -0.1) is 0 Å². The van der Waals surface area contributed by atoms with Crippen molar-refractivity contribution in [1.29, 1.82) is 0 Å². The Hall–Kier alpha value is -1.23. The summed E-state index contributed by atoms with van der Waals surface area (Å²) in [7, 11) is 0. The third-order valence-electron chi connectivity index (χ3n) is 1.99. The summed E-state index contributed by atoms with van der Waals surface area (Å²) in [6.45, 7) is 0. The highest BCUT2D eigenvalue weighted by Gasteiger charge is 1.95. The molecular weight excluding hydrogens is 299 g/mol. The van der Waals surface area contributed by atoms with E-state index in [9.17, 15) is 0 Å². The first-order valence-corrected chi connectivity index (χ1v) is 5.76. The van der Waals surface area contributed by atoms with E-state index in [-0.39, 0.29) is 0 Å². The third-order valence-corrected chi connectivity index (χ3v) is 2.93. The smallest absolute Gasteiger partial charge is 0.0673 e. The Balaban J connectivity index is 2.03. The van der Waals surface area contributed by atoms with E-state index in [1.165, 1.54) is 3.57 Å². The van der Waals surface area contributed by atoms with E-state index >= 15 is 0 Å². The first kappa shape index (κ1) is 10.3. The Morgan fingerprint density at radius 2 is 1.40 bits per heavy atom. The number of hydrogen-bond acceptors (Lipinski definition) is 2. The van der Waals surface area contributed by atoms with Crippen molar-refractivity contribution in [2.45, 2.75) is 0 Å². The SMILES string of the molecule is Ic1ccccc1NNc1ccccc1. The second-order valence-electron chi connectivity index (χ2n) is 3.10. The fourth-order valence-corrected chi connectivity index (χ4v) is 1.75. The highest BCUT2D eigenvalue weighted by Crippen LogP contribution is 2.17. The monoisotopic (exact) mass is 310 g/mol. The molecule has 0 saturated carbocycles. The molecule has 3 heteroatoms. The minimum Gasteiger partial charge on any atom is -0.301 e. The lowest BCUT2D eigenvalue weighted by Gasteiger charge is -2.10. The van der Waals surface area contributed by atoms with Crippen molar-refractivity contribution in [3.63, 3.8) is 0 Å². The Bertz CT molecular complexity index is 429. The maximum atomic E-state index is 3.17. The molecule has 0 amide bonds. The number of nitrogens with one attached hydrogen (secondary N) is 2. The van der Waals surface area contributed by atoms with E-state index in [0.717, 1.165) is 11.4 Å². The summed E-state index contributed by atoms with van der Waals surface area (Å²) in [5, 5.41) is 0. The highest BCUT2D eigenvalue weighted by atomic mass is 127. The van der Waals surface area contributed by atoms with E-state index in [1.54, 1.807) is 0 Å². The van der Waals surface area contributed by atoms with Crippen molar-refractivity contribution in [3.8, 4) is 0 Å². The van der Waals surface area contributed by atoms with E-state index in [2.05, 4.69) is 39.5 Å². The molecule has 0 atom stereocenters. The normalized spacial score (nSPS) is 9.67. The molecule has 15 heavy (non-hydrogen) atoms. The molecular formula is C12H11IN2. The standard InChI is InChI=1S/C12H11IN2/c13-11-8-4-5-9-12(11)15-14-10-6-2-1-3-7-10/h1-9,14-15H. The highest BCUT2D eigenvalue weighted by molar-refractivity contribution is 14.1. The molecule has 0 aliphatic heterocycles. The summed E-state index contributed by atoms with van der Waals surface area (Å²) in [5.74, 6) is 0. The lowest BCUT2D eigenvalue weighted by Crippen LogP contribution is -2.09. The van der Waals surface area contributed by atoms with Crippen molar-refractivity contribution in [3.05, 3.63) is 58.2 Å². The molecule has 0 heterocycles. The molecule has 0 spiro atoms. The van der Waals surface area contributed by atoms with Crippen molar-refractivity contribution in [1.82, 2.24) is 0 Å². The number of benzene rings is 2. The number of halogens is 1. The van der Waals surface area contributed by atoms with E-state index in [0.29, 0.717) is 0 Å². The molecule has 76 valence electrons. The van der Waals surface area contributed by atoms with Crippen LogP contribution in [0.1, 0.15) is 0 Å². The number of rotatable bonds is 3. The first-order chi connectivity index (χ1) is 7.36. The lowest BCUT2D eigenvalue weighted by molar-refractivity contribution is 1.40. The Labute approximate surface area is 103 Å². The molecule has 2 nitrogen and oxygen atoms in total. The van der Waals surface area contributed by atoms with Crippen LogP contribution in [0.5, 0.6) is 0 Å². The predicted molar refractivity (Wildman–Crippen MR) is 72.8 cm³/mol. The Morgan fingerprint density at radius 3 is 2.13 bits per heavy atom. The second-order valence-corrected chi connectivity index (χ2v) is 4.26. The van der Waals surface area contributed by atoms with Crippen LogP contribution in [0.25, 0.3) is 0 Å². The van der Waals surface area contributed by atoms with Gasteiger partial charge in [-0.25, -0.2) is 0 Å². The van der Waals surface area contributed by atoms with E-state index in [1.807, 2.05) is 48.5 Å². The maximum Gasteiger partial charge on any atom is 0.0673 e. The largest absolute Gasteiger partial charge is 0.301 e. The van der Waals surface area contributed by atoms with Crippen LogP contribution in [-0.4, -0.2) is 0 Å². The van der Waals surface area contributed by atoms with Gasteiger partial charge in [-0.2, -0.15) is 0 Å². The minimum absolute atomic E-state index is 1.05. The average Bonchev–Trinajstić information content (AvgIpc) is 2.29. The molecule has 2 N–H and O–H groups in total. The summed E-state index contributed by atoms with van der Waals surface area (Å²) in [6, 6.07) is 18.2. The molecule has 0 saturated heterocycles.